The number of carbonyl (C=O) groups is 4. The van der Waals surface area contributed by atoms with E-state index in [9.17, 15) is 39.8 Å². The number of non-ortho nitro benzene ring substituents is 1. The SMILES string of the molecule is [C-]#[N+]/C(=C\c1ccc2c(c1)c1cc(/C=C(\C#N)C(=O)OCCCCCCCCCCOC)ccc1n2C(/C=C/C=C/C=C/C=C/C=C)Oc1ccc(/C=C/c2ccc([N+](=O)[O-])cc2)cc1)C(C)=O.[C-]#[N+]/C(=C\c1ccc2c(c1)c1cc(/C=C(\C#N)C(=O)OCCCCCCCCCCOC)ccc1n2C(\C=C/C=C/C=C/C=C/C=C)C1c2ccccc2-c2ccccc21)C(C)=O. The van der Waals surface area contributed by atoms with Gasteiger partial charge in [-0.05, 0) is 198 Å². The van der Waals surface area contributed by atoms with Crippen molar-refractivity contribution < 1.29 is 47.8 Å². The summed E-state index contributed by atoms with van der Waals surface area (Å²) in [7, 11) is 3.46. The van der Waals surface area contributed by atoms with Crippen molar-refractivity contribution in [2.75, 3.05) is 40.6 Å². The van der Waals surface area contributed by atoms with Crippen LogP contribution in [-0.2, 0) is 38.1 Å². The monoisotopic (exact) mass is 1740 g/mol. The summed E-state index contributed by atoms with van der Waals surface area (Å²) in [5.41, 5.74) is 12.6. The molecule has 0 aliphatic heterocycles. The Bertz CT molecular complexity index is 6270. The Hall–Kier alpha value is -15.2. The maximum absolute atomic E-state index is 13.2. The lowest BCUT2D eigenvalue weighted by molar-refractivity contribution is -0.384. The predicted molar refractivity (Wildman–Crippen MR) is 531 cm³/mol. The molecule has 0 radical (unpaired) electrons. The van der Waals surface area contributed by atoms with Crippen LogP contribution in [-0.4, -0.2) is 78.2 Å². The molecule has 0 fully saturated rings. The van der Waals surface area contributed by atoms with Crippen molar-refractivity contribution in [3.63, 3.8) is 0 Å². The first-order valence-corrected chi connectivity index (χ1v) is 44.4. The molecule has 18 heteroatoms. The van der Waals surface area contributed by atoms with Gasteiger partial charge in [0.1, 0.15) is 29.0 Å². The fourth-order valence-electron chi connectivity index (χ4n) is 15.7. The number of nitriles is 2. The summed E-state index contributed by atoms with van der Waals surface area (Å²) in [4.78, 5) is 68.5. The highest BCUT2D eigenvalue weighted by Crippen LogP contribution is 2.52. The molecule has 2 atom stereocenters. The van der Waals surface area contributed by atoms with Gasteiger partial charge in [0.15, 0.2) is 17.8 Å². The highest BCUT2D eigenvalue weighted by atomic mass is 16.6. The number of aromatic nitrogens is 2. The van der Waals surface area contributed by atoms with Gasteiger partial charge in [0.25, 0.3) is 5.69 Å². The van der Waals surface area contributed by atoms with E-state index in [1.165, 1.54) is 86.4 Å². The molecule has 10 aromatic rings. The van der Waals surface area contributed by atoms with Gasteiger partial charge in [-0.2, -0.15) is 10.5 Å². The molecule has 8 aromatic carbocycles. The highest BCUT2D eigenvalue weighted by Gasteiger charge is 2.36. The minimum Gasteiger partial charge on any atom is -0.467 e. The van der Waals surface area contributed by atoms with Crippen molar-refractivity contribution in [3.05, 3.63) is 392 Å². The molecule has 0 N–H and O–H groups in total. The number of nitrogens with zero attached hydrogens (tertiary/aromatic N) is 7. The number of benzene rings is 8. The zero-order chi connectivity index (χ0) is 92.9. The Balaban J connectivity index is 0.000000273. The van der Waals surface area contributed by atoms with E-state index in [0.29, 0.717) is 22.4 Å². The Morgan fingerprint density at radius 3 is 1.14 bits per heavy atom. The first-order valence-electron chi connectivity index (χ1n) is 44.4. The number of methoxy groups -OCH3 is 2. The number of nitro groups is 1. The summed E-state index contributed by atoms with van der Waals surface area (Å²) in [6.45, 7) is 27.5. The van der Waals surface area contributed by atoms with E-state index in [1.807, 2.05) is 199 Å². The van der Waals surface area contributed by atoms with Crippen LogP contribution >= 0.6 is 0 Å². The van der Waals surface area contributed by atoms with Crippen LogP contribution in [0.4, 0.5) is 5.69 Å². The lowest BCUT2D eigenvalue weighted by Gasteiger charge is -2.26. The van der Waals surface area contributed by atoms with Crippen molar-refractivity contribution in [1.82, 2.24) is 9.13 Å². The molecule has 664 valence electrons. The number of esters is 2. The second kappa shape index (κ2) is 52.8. The number of hydrogen-bond donors (Lipinski definition) is 0. The number of nitro benzene ring substituents is 1. The minimum absolute atomic E-state index is 0.00129. The molecule has 0 saturated heterocycles. The third kappa shape index (κ3) is 28.7. The van der Waals surface area contributed by atoms with Crippen LogP contribution in [0.15, 0.2) is 315 Å². The Morgan fingerprint density at radius 2 is 0.771 bits per heavy atom. The summed E-state index contributed by atoms with van der Waals surface area (Å²) < 4.78 is 32.5. The van der Waals surface area contributed by atoms with Gasteiger partial charge in [-0.15, -0.1) is 0 Å². The molecule has 131 heavy (non-hydrogen) atoms. The van der Waals surface area contributed by atoms with E-state index in [4.69, 9.17) is 36.8 Å². The predicted octanol–water partition coefficient (Wildman–Crippen LogP) is 27.6. The molecule has 0 saturated carbocycles. The van der Waals surface area contributed by atoms with E-state index in [1.54, 1.807) is 56.7 Å². The number of ether oxygens (including phenoxy) is 5. The summed E-state index contributed by atoms with van der Waals surface area (Å²) in [5.74, 6) is -1.42. The lowest BCUT2D eigenvalue weighted by Crippen LogP contribution is -2.16. The Kier molecular flexibility index (Phi) is 39.5. The molecular weight excluding hydrogens is 1630 g/mol. The third-order valence-electron chi connectivity index (χ3n) is 22.2. The smallest absolute Gasteiger partial charge is 0.348 e. The Labute approximate surface area is 769 Å². The number of rotatable bonds is 48. The molecule has 0 amide bonds. The number of Topliss-reactive ketones (excluding diaryl/α,β-unsaturated/α-hetero) is 2. The van der Waals surface area contributed by atoms with Crippen molar-refractivity contribution >= 4 is 109 Å². The first-order chi connectivity index (χ1) is 64.0. The van der Waals surface area contributed by atoms with Gasteiger partial charge in [-0.3, -0.25) is 10.1 Å². The maximum Gasteiger partial charge on any atom is 0.348 e. The summed E-state index contributed by atoms with van der Waals surface area (Å²) >= 11 is 0. The fraction of sp³-hybridized carbons (Fsp3) is 0.239. The van der Waals surface area contributed by atoms with Gasteiger partial charge < -0.3 is 42.4 Å². The van der Waals surface area contributed by atoms with Crippen LogP contribution in [0.3, 0.4) is 0 Å². The molecule has 0 spiro atoms. The number of unbranched alkanes of at least 4 members (excludes halogenated alkanes) is 14. The van der Waals surface area contributed by atoms with Crippen molar-refractivity contribution in [1.29, 1.82) is 10.5 Å². The second-order valence-electron chi connectivity index (χ2n) is 31.4. The summed E-state index contributed by atoms with van der Waals surface area (Å²) in [6.07, 6.45) is 61.1. The molecule has 2 aromatic heterocycles. The van der Waals surface area contributed by atoms with Crippen LogP contribution in [0, 0.1) is 45.9 Å². The van der Waals surface area contributed by atoms with Crippen LogP contribution in [0.5, 0.6) is 5.75 Å². The number of fused-ring (bicyclic) bond motifs is 9. The number of hydrogen-bond acceptors (Lipinski definition) is 13. The van der Waals surface area contributed by atoms with E-state index in [2.05, 4.69) is 100 Å². The topological polar surface area (TPSA) is 224 Å². The van der Waals surface area contributed by atoms with Gasteiger partial charge in [0, 0.05) is 78.1 Å². The zero-order valence-corrected chi connectivity index (χ0v) is 74.9. The van der Waals surface area contributed by atoms with Gasteiger partial charge in [-0.1, -0.05) is 291 Å². The van der Waals surface area contributed by atoms with Crippen molar-refractivity contribution in [2.24, 2.45) is 0 Å². The minimum atomic E-state index is -0.699. The zero-order valence-electron chi connectivity index (χ0n) is 74.9. The van der Waals surface area contributed by atoms with E-state index >= 15 is 0 Å². The van der Waals surface area contributed by atoms with Crippen molar-refractivity contribution in [2.45, 2.75) is 135 Å². The standard InChI is InChI=1S/C57H56N4O7.C56H55N3O4/c1-5-6-7-8-9-12-15-18-21-56(68-50-32-26-45(27-33-50)23-22-44-24-30-49(31-25-44)61(64)65)60-54-34-28-46(39-51(54)52-40-47(29-35-55(52)60)41-53(59-3)43(2)62)38-48(42-58)57(63)67-37-20-17-14-11-10-13-16-19-36-66-4;1-5-6-7-8-9-12-15-18-29-54(55-47-27-21-19-25-45(47)46-26-20-22-28-48(46)55)59-52-32-30-42(37-49(52)50-38-43(31-33-53(50)59)39-51(58-3)41(2)60)36-44(40-57)56(61)63-35-24-17-14-11-10-13-16-23-34-62-4/h5-9,12,15,18,21-35,38-41,56H,1,10-11,13-14,16-17,19-20,36-37H2,2,4H3;5-9,12,15,18-22,25-33,36-39,54-55H,1,10-11,13-14,16-17,23-24,34-35H2,2,4H3/b7-6+,9-8+,15-12+,21-18+,23-22+,48-38+,53-41-;7-6+,9-8+,15-12+,29-18-,44-36+,51-39-. The quantitative estimate of drug-likeness (QED) is 0.00399. The first kappa shape index (κ1) is 98.0. The molecule has 11 rings (SSSR count). The molecule has 18 nitrogen and oxygen atoms in total. The largest absolute Gasteiger partial charge is 0.467 e. The van der Waals surface area contributed by atoms with E-state index in [-0.39, 0.29) is 65.0 Å². The average molecular weight is 1740 g/mol. The van der Waals surface area contributed by atoms with E-state index in [0.717, 1.165) is 144 Å². The van der Waals surface area contributed by atoms with Gasteiger partial charge in [-0.25, -0.2) is 19.3 Å². The molecule has 2 unspecified atom stereocenters. The molecule has 1 aliphatic rings. The molecule has 0 bridgehead atoms. The second-order valence-corrected chi connectivity index (χ2v) is 31.4. The number of allylic oxidation sites excluding steroid dienone is 19. The van der Waals surface area contributed by atoms with Crippen LogP contribution in [0.1, 0.15) is 179 Å². The van der Waals surface area contributed by atoms with Gasteiger partial charge >= 0.3 is 11.9 Å². The molecule has 2 heterocycles. The van der Waals surface area contributed by atoms with E-state index < -0.39 is 23.1 Å². The number of ketones is 2. The van der Waals surface area contributed by atoms with Crippen LogP contribution in [0.25, 0.3) is 101 Å². The highest BCUT2D eigenvalue weighted by molar-refractivity contribution is 6.12. The maximum atomic E-state index is 13.2. The lowest BCUT2D eigenvalue weighted by atomic mass is 9.88. The van der Waals surface area contributed by atoms with Crippen LogP contribution in [0.2, 0.25) is 0 Å². The van der Waals surface area contributed by atoms with Crippen LogP contribution < -0.4 is 4.74 Å². The van der Waals surface area contributed by atoms with Gasteiger partial charge in [0.05, 0.1) is 48.4 Å². The molecular formula is C113H111N7O11. The van der Waals surface area contributed by atoms with Gasteiger partial charge in [0.2, 0.25) is 11.4 Å². The Morgan fingerprint density at radius 1 is 0.435 bits per heavy atom. The third-order valence-corrected chi connectivity index (χ3v) is 22.2. The molecule has 1 aliphatic carbocycles. The normalized spacial score (nSPS) is 13.1. The average Bonchev–Trinajstić information content (AvgIpc) is 1.58. The fourth-order valence-corrected chi connectivity index (χ4v) is 15.7. The summed E-state index contributed by atoms with van der Waals surface area (Å²) in [6, 6.07) is 58.3. The summed E-state index contributed by atoms with van der Waals surface area (Å²) in [5, 5.41) is 34.7. The van der Waals surface area contributed by atoms with Crippen molar-refractivity contribution in [3.8, 4) is 29.0 Å². The number of carbonyl (C=O) groups excluding carboxylic acids is 4.